The van der Waals surface area contributed by atoms with Gasteiger partial charge in [-0.05, 0) is 42.8 Å². The van der Waals surface area contributed by atoms with Gasteiger partial charge in [-0.1, -0.05) is 42.0 Å². The van der Waals surface area contributed by atoms with E-state index in [-0.39, 0.29) is 12.5 Å². The fourth-order valence-corrected chi connectivity index (χ4v) is 4.96. The molecule has 1 aromatic heterocycles. The van der Waals surface area contributed by atoms with Crippen molar-refractivity contribution in [3.63, 3.8) is 0 Å². The lowest BCUT2D eigenvalue weighted by molar-refractivity contribution is -0.137. The Morgan fingerprint density at radius 1 is 1.06 bits per heavy atom. The minimum atomic E-state index is -0.870. The van der Waals surface area contributed by atoms with E-state index < -0.39 is 5.97 Å². The van der Waals surface area contributed by atoms with Crippen molar-refractivity contribution in [1.82, 2.24) is 9.47 Å². The van der Waals surface area contributed by atoms with E-state index in [4.69, 9.17) is 4.74 Å². The third-order valence-corrected chi connectivity index (χ3v) is 6.39. The molecule has 0 bridgehead atoms. The Hall–Kier alpha value is -3.80. The minimum Gasteiger partial charge on any atom is -0.493 e. The quantitative estimate of drug-likeness (QED) is 0.483. The molecule has 1 amide bonds. The number of carboxylic acids is 1. The van der Waals surface area contributed by atoms with Crippen LogP contribution in [0, 0.1) is 6.92 Å². The second-order valence-electron chi connectivity index (χ2n) is 8.50. The van der Waals surface area contributed by atoms with Gasteiger partial charge < -0.3 is 19.3 Å². The number of aryl methyl sites for hydroxylation is 1. The van der Waals surface area contributed by atoms with Gasteiger partial charge in [0.25, 0.3) is 5.91 Å². The zero-order valence-corrected chi connectivity index (χ0v) is 18.8. The van der Waals surface area contributed by atoms with Crippen molar-refractivity contribution in [2.24, 2.45) is 0 Å². The Kier molecular flexibility index (Phi) is 5.29. The highest BCUT2D eigenvalue weighted by atomic mass is 16.5. The summed E-state index contributed by atoms with van der Waals surface area (Å²) in [5, 5.41) is 12.4. The summed E-state index contributed by atoms with van der Waals surface area (Å²) in [4.78, 5) is 27.3. The van der Waals surface area contributed by atoms with Crippen molar-refractivity contribution >= 4 is 33.6 Å². The van der Waals surface area contributed by atoms with Gasteiger partial charge >= 0.3 is 5.97 Å². The number of carbonyl (C=O) groups excluding carboxylic acids is 1. The van der Waals surface area contributed by atoms with Crippen LogP contribution in [0.15, 0.2) is 54.6 Å². The number of amides is 1. The molecule has 0 atom stereocenters. The predicted molar refractivity (Wildman–Crippen MR) is 128 cm³/mol. The van der Waals surface area contributed by atoms with Gasteiger partial charge in [0.2, 0.25) is 0 Å². The number of rotatable bonds is 5. The highest BCUT2D eigenvalue weighted by Crippen LogP contribution is 2.35. The summed E-state index contributed by atoms with van der Waals surface area (Å²) in [5.41, 5.74) is 4.64. The van der Waals surface area contributed by atoms with Crippen molar-refractivity contribution < 1.29 is 19.4 Å². The molecule has 6 nitrogen and oxygen atoms in total. The first-order chi connectivity index (χ1) is 16.0. The van der Waals surface area contributed by atoms with Gasteiger partial charge in [0, 0.05) is 41.7 Å². The molecule has 2 heterocycles. The third-order valence-electron chi connectivity index (χ3n) is 6.39. The standard InChI is InChI=1S/C27H26N2O4/c1-3-33-24-11-9-18-6-4-5-7-19(18)26(24)27(32)28-13-12-23-21(15-28)20-14-17(2)8-10-22(20)29(23)16-25(30)31/h4-11,14H,3,12-13,15-16H2,1-2H3,(H,30,31). The second-order valence-corrected chi connectivity index (χ2v) is 8.50. The Morgan fingerprint density at radius 3 is 2.67 bits per heavy atom. The topological polar surface area (TPSA) is 71.8 Å². The molecule has 1 N–H and O–H groups in total. The number of nitrogens with zero attached hydrogens (tertiary/aromatic N) is 2. The van der Waals surface area contributed by atoms with Crippen LogP contribution >= 0.6 is 0 Å². The molecule has 5 rings (SSSR count). The number of hydrogen-bond acceptors (Lipinski definition) is 3. The van der Waals surface area contributed by atoms with Gasteiger partial charge in [-0.15, -0.1) is 0 Å². The molecule has 3 aromatic carbocycles. The molecule has 6 heteroatoms. The summed E-state index contributed by atoms with van der Waals surface area (Å²) in [6, 6.07) is 17.8. The van der Waals surface area contributed by atoms with E-state index in [0.29, 0.717) is 37.4 Å². The van der Waals surface area contributed by atoms with Gasteiger partial charge in [0.15, 0.2) is 0 Å². The molecule has 0 saturated carbocycles. The summed E-state index contributed by atoms with van der Waals surface area (Å²) < 4.78 is 7.73. The molecular formula is C27H26N2O4. The zero-order valence-electron chi connectivity index (χ0n) is 18.8. The molecule has 33 heavy (non-hydrogen) atoms. The minimum absolute atomic E-state index is 0.0623. The largest absolute Gasteiger partial charge is 0.493 e. The van der Waals surface area contributed by atoms with Gasteiger partial charge in [0.1, 0.15) is 12.3 Å². The Labute approximate surface area is 192 Å². The van der Waals surface area contributed by atoms with Crippen molar-refractivity contribution in [2.75, 3.05) is 13.2 Å². The van der Waals surface area contributed by atoms with Crippen molar-refractivity contribution in [3.05, 3.63) is 77.0 Å². The van der Waals surface area contributed by atoms with Crippen LogP contribution in [0.25, 0.3) is 21.7 Å². The maximum atomic E-state index is 13.9. The van der Waals surface area contributed by atoms with Crippen molar-refractivity contribution in [3.8, 4) is 5.75 Å². The normalized spacial score (nSPS) is 13.3. The average molecular weight is 443 g/mol. The monoisotopic (exact) mass is 442 g/mol. The van der Waals surface area contributed by atoms with Gasteiger partial charge in [0.05, 0.1) is 12.2 Å². The first kappa shape index (κ1) is 21.1. The number of aromatic nitrogens is 1. The fourth-order valence-electron chi connectivity index (χ4n) is 4.96. The Balaban J connectivity index is 1.60. The summed E-state index contributed by atoms with van der Waals surface area (Å²) in [7, 11) is 0. The molecule has 0 radical (unpaired) electrons. The van der Waals surface area contributed by atoms with E-state index in [1.54, 1.807) is 0 Å². The highest BCUT2D eigenvalue weighted by Gasteiger charge is 2.30. The molecule has 0 spiro atoms. The number of aliphatic carboxylic acids is 1. The van der Waals surface area contributed by atoms with E-state index in [1.165, 1.54) is 0 Å². The first-order valence-corrected chi connectivity index (χ1v) is 11.2. The highest BCUT2D eigenvalue weighted by molar-refractivity contribution is 6.09. The first-order valence-electron chi connectivity index (χ1n) is 11.2. The van der Waals surface area contributed by atoms with E-state index in [2.05, 4.69) is 6.07 Å². The van der Waals surface area contributed by atoms with E-state index in [9.17, 15) is 14.7 Å². The summed E-state index contributed by atoms with van der Waals surface area (Å²) in [5.74, 6) is -0.338. The summed E-state index contributed by atoms with van der Waals surface area (Å²) in [6.45, 7) is 5.29. The van der Waals surface area contributed by atoms with Crippen LogP contribution in [0.3, 0.4) is 0 Å². The number of ether oxygens (including phenoxy) is 1. The molecule has 4 aromatic rings. The molecular weight excluding hydrogens is 416 g/mol. The van der Waals surface area contributed by atoms with E-state index >= 15 is 0 Å². The number of carbonyl (C=O) groups is 2. The number of fused-ring (bicyclic) bond motifs is 4. The Morgan fingerprint density at radius 2 is 1.88 bits per heavy atom. The maximum absolute atomic E-state index is 13.9. The molecule has 1 aliphatic heterocycles. The smallest absolute Gasteiger partial charge is 0.323 e. The predicted octanol–water partition coefficient (Wildman–Crippen LogP) is 4.78. The van der Waals surface area contributed by atoms with Crippen molar-refractivity contribution in [2.45, 2.75) is 33.4 Å². The van der Waals surface area contributed by atoms with Crippen LogP contribution < -0.4 is 4.74 Å². The Bertz CT molecular complexity index is 1400. The molecule has 0 saturated heterocycles. The molecule has 168 valence electrons. The van der Waals surface area contributed by atoms with Crippen LogP contribution in [0.5, 0.6) is 5.75 Å². The van der Waals surface area contributed by atoms with Crippen LogP contribution in [-0.4, -0.2) is 39.6 Å². The lowest BCUT2D eigenvalue weighted by Crippen LogP contribution is -2.36. The molecule has 0 fully saturated rings. The van der Waals surface area contributed by atoms with Gasteiger partial charge in [-0.3, -0.25) is 9.59 Å². The van der Waals surface area contributed by atoms with Crippen LogP contribution in [0.4, 0.5) is 0 Å². The molecule has 0 unspecified atom stereocenters. The van der Waals surface area contributed by atoms with Gasteiger partial charge in [-0.25, -0.2) is 0 Å². The number of hydrogen-bond donors (Lipinski definition) is 1. The van der Waals surface area contributed by atoms with E-state index in [0.717, 1.165) is 38.5 Å². The van der Waals surface area contributed by atoms with Crippen LogP contribution in [-0.2, 0) is 24.3 Å². The summed E-state index contributed by atoms with van der Waals surface area (Å²) in [6.07, 6.45) is 0.608. The number of benzene rings is 3. The molecule has 0 aliphatic carbocycles. The summed E-state index contributed by atoms with van der Waals surface area (Å²) >= 11 is 0. The second kappa shape index (κ2) is 8.28. The lowest BCUT2D eigenvalue weighted by Gasteiger charge is -2.29. The SMILES string of the molecule is CCOc1ccc2ccccc2c1C(=O)N1CCc2c(c3cc(C)ccc3n2CC(=O)O)C1. The zero-order chi connectivity index (χ0) is 23.1. The average Bonchev–Trinajstić information content (AvgIpc) is 3.10. The molecule has 1 aliphatic rings. The van der Waals surface area contributed by atoms with Gasteiger partial charge in [-0.2, -0.15) is 0 Å². The fraction of sp³-hybridized carbons (Fsp3) is 0.259. The van der Waals surface area contributed by atoms with Crippen LogP contribution in [0.1, 0.15) is 34.1 Å². The van der Waals surface area contributed by atoms with Crippen LogP contribution in [0.2, 0.25) is 0 Å². The maximum Gasteiger partial charge on any atom is 0.323 e. The third kappa shape index (κ3) is 3.61. The lowest BCUT2D eigenvalue weighted by atomic mass is 9.99. The number of carboxylic acid groups (broad SMARTS) is 1. The van der Waals surface area contributed by atoms with E-state index in [1.807, 2.05) is 71.8 Å². The van der Waals surface area contributed by atoms with Crippen molar-refractivity contribution in [1.29, 1.82) is 0 Å².